The Kier molecular flexibility index (Phi) is 7.58. The van der Waals surface area contributed by atoms with Gasteiger partial charge < -0.3 is 5.11 Å². The van der Waals surface area contributed by atoms with Gasteiger partial charge in [-0.25, -0.2) is 14.4 Å². The quantitative estimate of drug-likeness (QED) is 0.212. The Hall–Kier alpha value is -4.23. The Bertz CT molecular complexity index is 1780. The first-order valence-corrected chi connectivity index (χ1v) is 13.0. The number of rotatable bonds is 6. The second kappa shape index (κ2) is 10.9. The van der Waals surface area contributed by atoms with E-state index in [2.05, 4.69) is 9.97 Å². The number of halogens is 7. The molecule has 0 radical (unpaired) electrons. The third kappa shape index (κ3) is 5.37. The first kappa shape index (κ1) is 29.3. The monoisotopic (exact) mass is 605 g/mol. The van der Waals surface area contributed by atoms with Crippen LogP contribution in [0.25, 0.3) is 16.6 Å². The van der Waals surface area contributed by atoms with Crippen LogP contribution in [0.2, 0.25) is 0 Å². The fourth-order valence-corrected chi connectivity index (χ4v) is 5.15. The van der Waals surface area contributed by atoms with Gasteiger partial charge in [0.1, 0.15) is 16.7 Å². The largest absolute Gasteiger partial charge is 0.430 e. The van der Waals surface area contributed by atoms with E-state index in [4.69, 9.17) is 0 Å². The van der Waals surface area contributed by atoms with E-state index in [0.29, 0.717) is 22.7 Å². The van der Waals surface area contributed by atoms with Crippen molar-refractivity contribution in [3.63, 3.8) is 0 Å². The number of aromatic nitrogens is 3. The van der Waals surface area contributed by atoms with Gasteiger partial charge in [-0.05, 0) is 42.0 Å². The smallest absolute Gasteiger partial charge is 0.369 e. The molecule has 0 saturated carbocycles. The number of nitrogens with zero attached hydrogens (tertiary/aromatic N) is 3. The Morgan fingerprint density at radius 2 is 1.48 bits per heavy atom. The normalized spacial score (nSPS) is 12.6. The molecule has 2 heterocycles. The second-order valence-electron chi connectivity index (χ2n) is 9.15. The molecule has 1 N–H and O–H groups in total. The zero-order valence-corrected chi connectivity index (χ0v) is 21.9. The third-order valence-corrected chi connectivity index (χ3v) is 7.40. The minimum Gasteiger partial charge on any atom is -0.369 e. The lowest BCUT2D eigenvalue weighted by Gasteiger charge is -2.32. The molecule has 0 spiro atoms. The van der Waals surface area contributed by atoms with E-state index in [-0.39, 0.29) is 33.7 Å². The van der Waals surface area contributed by atoms with Crippen molar-refractivity contribution in [3.8, 4) is 5.69 Å². The van der Waals surface area contributed by atoms with Gasteiger partial charge in [-0.1, -0.05) is 60.3 Å². The highest BCUT2D eigenvalue weighted by molar-refractivity contribution is 7.99. The van der Waals surface area contributed by atoms with Crippen LogP contribution in [-0.4, -0.2) is 32.0 Å². The van der Waals surface area contributed by atoms with E-state index in [9.17, 15) is 36.2 Å². The van der Waals surface area contributed by atoms with Crippen LogP contribution in [0.3, 0.4) is 0 Å². The lowest BCUT2D eigenvalue weighted by Crippen LogP contribution is -2.53. The number of benzene rings is 3. The minimum atomic E-state index is -6.07. The number of hydrogen-bond acceptors (Lipinski definition) is 5. The van der Waals surface area contributed by atoms with E-state index in [1.54, 1.807) is 48.5 Å². The molecule has 0 saturated heterocycles. The summed E-state index contributed by atoms with van der Waals surface area (Å²) in [6, 6.07) is 18.7. The highest BCUT2D eigenvalue weighted by atomic mass is 32.2. The van der Waals surface area contributed by atoms with Gasteiger partial charge in [0.25, 0.3) is 11.2 Å². The van der Waals surface area contributed by atoms with Crippen molar-refractivity contribution in [2.75, 3.05) is 0 Å². The predicted molar refractivity (Wildman–Crippen MR) is 141 cm³/mol. The number of fused-ring (bicyclic) bond motifs is 1. The summed E-state index contributed by atoms with van der Waals surface area (Å²) in [5, 5.41) is 10.1. The number of aliphatic hydroxyl groups is 1. The first-order valence-electron chi connectivity index (χ1n) is 12.1. The molecule has 2 aromatic heterocycles. The molecule has 0 unspecified atom stereocenters. The van der Waals surface area contributed by atoms with Crippen molar-refractivity contribution < 1.29 is 35.8 Å². The summed E-state index contributed by atoms with van der Waals surface area (Å²) in [4.78, 5) is 22.5. The molecule has 0 aliphatic carbocycles. The van der Waals surface area contributed by atoms with Crippen molar-refractivity contribution in [1.82, 2.24) is 14.5 Å². The molecule has 216 valence electrons. The molecule has 3 aromatic carbocycles. The zero-order valence-electron chi connectivity index (χ0n) is 21.1. The standard InChI is InChI=1S/C29H18F7N3O2S/c30-21-15-20-22(16-23(21)42-25-8-4-5-13-37-25)38-24(14-17-6-2-1-3-7-17)39(26(20)40)19-11-9-18(10-12-19)27(41,28(31,32)33)29(34,35)36/h1-13,15-16,41H,14H2. The van der Waals surface area contributed by atoms with Crippen molar-refractivity contribution in [3.05, 3.63) is 124 Å². The molecule has 5 aromatic rings. The lowest BCUT2D eigenvalue weighted by molar-refractivity contribution is -0.376. The van der Waals surface area contributed by atoms with E-state index in [0.717, 1.165) is 34.5 Å². The fraction of sp³-hybridized carbons (Fsp3) is 0.138. The van der Waals surface area contributed by atoms with Crippen molar-refractivity contribution in [2.24, 2.45) is 0 Å². The summed E-state index contributed by atoms with van der Waals surface area (Å²) in [5.74, 6) is -0.663. The molecule has 5 rings (SSSR count). The molecule has 0 amide bonds. The van der Waals surface area contributed by atoms with E-state index < -0.39 is 34.9 Å². The predicted octanol–water partition coefficient (Wildman–Crippen LogP) is 6.97. The number of pyridine rings is 1. The van der Waals surface area contributed by atoms with Crippen LogP contribution >= 0.6 is 11.8 Å². The Balaban J connectivity index is 1.67. The van der Waals surface area contributed by atoms with Crippen molar-refractivity contribution in [2.45, 2.75) is 34.3 Å². The summed E-state index contributed by atoms with van der Waals surface area (Å²) in [7, 11) is 0. The molecule has 0 aliphatic heterocycles. The highest BCUT2D eigenvalue weighted by Crippen LogP contribution is 2.50. The van der Waals surface area contributed by atoms with Gasteiger partial charge in [0.2, 0.25) is 0 Å². The SMILES string of the molecule is O=c1c2cc(F)c(Sc3ccccn3)cc2nc(Cc2ccccc2)n1-c1ccc(C(O)(C(F)(F)F)C(F)(F)F)cc1. The minimum absolute atomic E-state index is 0.0445. The molecule has 5 nitrogen and oxygen atoms in total. The Labute approximate surface area is 237 Å². The molecular formula is C29H18F7N3O2S. The average Bonchev–Trinajstić information content (AvgIpc) is 2.94. The maximum absolute atomic E-state index is 15.1. The fourth-order valence-electron chi connectivity index (χ4n) is 4.33. The Morgan fingerprint density at radius 1 is 0.833 bits per heavy atom. The second-order valence-corrected chi connectivity index (χ2v) is 10.2. The maximum Gasteiger partial charge on any atom is 0.430 e. The van der Waals surface area contributed by atoms with Crippen molar-refractivity contribution in [1.29, 1.82) is 0 Å². The van der Waals surface area contributed by atoms with Crippen LogP contribution in [0.1, 0.15) is 17.0 Å². The van der Waals surface area contributed by atoms with Gasteiger partial charge >= 0.3 is 12.4 Å². The van der Waals surface area contributed by atoms with Crippen LogP contribution in [-0.2, 0) is 12.0 Å². The molecule has 0 aliphatic rings. The van der Waals surface area contributed by atoms with E-state index in [1.807, 2.05) is 0 Å². The lowest BCUT2D eigenvalue weighted by atomic mass is 9.92. The van der Waals surface area contributed by atoms with Crippen LogP contribution in [0.15, 0.2) is 106 Å². The van der Waals surface area contributed by atoms with E-state index in [1.165, 1.54) is 12.3 Å². The van der Waals surface area contributed by atoms with Crippen LogP contribution in [0.5, 0.6) is 0 Å². The summed E-state index contributed by atoms with van der Waals surface area (Å²) in [5.41, 5.74) is -6.73. The van der Waals surface area contributed by atoms with Gasteiger partial charge in [0, 0.05) is 18.2 Å². The van der Waals surface area contributed by atoms with Gasteiger partial charge in [-0.15, -0.1) is 0 Å². The molecule has 42 heavy (non-hydrogen) atoms. The topological polar surface area (TPSA) is 68.0 Å². The van der Waals surface area contributed by atoms with E-state index >= 15 is 4.39 Å². The van der Waals surface area contributed by atoms with Gasteiger partial charge in [-0.2, -0.15) is 26.3 Å². The van der Waals surface area contributed by atoms with Gasteiger partial charge in [0.05, 0.1) is 21.5 Å². The summed E-state index contributed by atoms with van der Waals surface area (Å²) < 4.78 is 96.4. The first-order chi connectivity index (χ1) is 19.8. The maximum atomic E-state index is 15.1. The summed E-state index contributed by atoms with van der Waals surface area (Å²) >= 11 is 1.01. The van der Waals surface area contributed by atoms with Crippen LogP contribution < -0.4 is 5.56 Å². The Morgan fingerprint density at radius 3 is 2.07 bits per heavy atom. The summed E-state index contributed by atoms with van der Waals surface area (Å²) in [6.45, 7) is 0. The molecule has 13 heteroatoms. The molecule has 0 bridgehead atoms. The molecular weight excluding hydrogens is 587 g/mol. The third-order valence-electron chi connectivity index (χ3n) is 6.41. The molecule has 0 atom stereocenters. The average molecular weight is 606 g/mol. The number of hydrogen-bond donors (Lipinski definition) is 1. The van der Waals surface area contributed by atoms with Gasteiger partial charge in [-0.3, -0.25) is 9.36 Å². The highest BCUT2D eigenvalue weighted by Gasteiger charge is 2.71. The van der Waals surface area contributed by atoms with Gasteiger partial charge in [0.15, 0.2) is 0 Å². The summed E-state index contributed by atoms with van der Waals surface area (Å²) in [6.07, 6.45) is -10.6. The zero-order chi connectivity index (χ0) is 30.3. The van der Waals surface area contributed by atoms with Crippen LogP contribution in [0.4, 0.5) is 30.7 Å². The van der Waals surface area contributed by atoms with Crippen LogP contribution in [0, 0.1) is 5.82 Å². The number of alkyl halides is 6. The molecule has 0 fully saturated rings. The van der Waals surface area contributed by atoms with Crippen molar-refractivity contribution >= 4 is 22.7 Å².